The van der Waals surface area contributed by atoms with Crippen molar-refractivity contribution in [3.63, 3.8) is 0 Å². The van der Waals surface area contributed by atoms with Gasteiger partial charge in [-0.15, -0.1) is 13.2 Å². The summed E-state index contributed by atoms with van der Waals surface area (Å²) in [5, 5.41) is 10.1. The Morgan fingerprint density at radius 3 is 2.33 bits per heavy atom. The molecule has 2 aromatic rings. The molecular weight excluding hydrogens is 281 g/mol. The Hall–Kier alpha value is -2.01. The molecule has 112 valence electrons. The molecule has 0 aromatic heterocycles. The van der Waals surface area contributed by atoms with Gasteiger partial charge in [-0.05, 0) is 30.2 Å². The summed E-state index contributed by atoms with van der Waals surface area (Å²) in [4.78, 5) is 0. The van der Waals surface area contributed by atoms with Gasteiger partial charge in [0, 0.05) is 6.42 Å². The molecule has 5 heteroatoms. The number of alkyl halides is 3. The first-order valence-corrected chi connectivity index (χ1v) is 6.43. The fourth-order valence-electron chi connectivity index (χ4n) is 2.07. The number of ether oxygens (including phenoxy) is 1. The average Bonchev–Trinajstić information content (AvgIpc) is 2.37. The number of hydrogen-bond donors (Lipinski definition) is 1. The molecule has 0 heterocycles. The van der Waals surface area contributed by atoms with Crippen molar-refractivity contribution < 1.29 is 23.0 Å². The van der Waals surface area contributed by atoms with Gasteiger partial charge in [0.15, 0.2) is 0 Å². The lowest BCUT2D eigenvalue weighted by atomic mass is 10.0. The van der Waals surface area contributed by atoms with E-state index in [9.17, 15) is 18.3 Å². The number of rotatable bonds is 4. The highest BCUT2D eigenvalue weighted by Crippen LogP contribution is 2.25. The summed E-state index contributed by atoms with van der Waals surface area (Å²) in [7, 11) is 0. The molecule has 1 unspecified atom stereocenters. The summed E-state index contributed by atoms with van der Waals surface area (Å²) < 4.78 is 40.0. The second-order valence-electron chi connectivity index (χ2n) is 4.83. The van der Waals surface area contributed by atoms with Crippen LogP contribution in [-0.4, -0.2) is 11.5 Å². The quantitative estimate of drug-likeness (QED) is 0.917. The van der Waals surface area contributed by atoms with Crippen molar-refractivity contribution in [1.82, 2.24) is 0 Å². The molecule has 0 saturated carbocycles. The van der Waals surface area contributed by atoms with E-state index in [0.717, 1.165) is 11.1 Å². The summed E-state index contributed by atoms with van der Waals surface area (Å²) in [5.41, 5.74) is 2.61. The van der Waals surface area contributed by atoms with E-state index in [2.05, 4.69) is 4.74 Å². The van der Waals surface area contributed by atoms with Gasteiger partial charge in [0.05, 0.1) is 6.10 Å². The summed E-state index contributed by atoms with van der Waals surface area (Å²) in [6.45, 7) is 1.96. The summed E-state index contributed by atoms with van der Waals surface area (Å²) in [5.74, 6) is -0.297. The number of halogens is 3. The molecule has 1 N–H and O–H groups in total. The third kappa shape index (κ3) is 4.79. The van der Waals surface area contributed by atoms with Crippen LogP contribution in [0.5, 0.6) is 5.75 Å². The van der Waals surface area contributed by atoms with Gasteiger partial charge in [-0.3, -0.25) is 0 Å². The largest absolute Gasteiger partial charge is 0.573 e. The molecule has 0 aliphatic carbocycles. The van der Waals surface area contributed by atoms with Gasteiger partial charge in [-0.25, -0.2) is 0 Å². The predicted octanol–water partition coefficient (Wildman–Crippen LogP) is 4.17. The van der Waals surface area contributed by atoms with Gasteiger partial charge in [0.2, 0.25) is 0 Å². The highest BCUT2D eigenvalue weighted by Gasteiger charge is 2.31. The maximum atomic E-state index is 12.1. The SMILES string of the molecule is Cc1cccc(CC(O)c2ccc(OC(F)(F)F)cc2)c1. The highest BCUT2D eigenvalue weighted by atomic mass is 19.4. The number of aliphatic hydroxyl groups is 1. The monoisotopic (exact) mass is 296 g/mol. The molecule has 0 aliphatic rings. The van der Waals surface area contributed by atoms with Gasteiger partial charge in [0.25, 0.3) is 0 Å². The molecular formula is C16H15F3O2. The number of aliphatic hydroxyl groups excluding tert-OH is 1. The van der Waals surface area contributed by atoms with E-state index in [1.54, 1.807) is 0 Å². The molecule has 0 spiro atoms. The smallest absolute Gasteiger partial charge is 0.406 e. The Morgan fingerprint density at radius 1 is 1.10 bits per heavy atom. The summed E-state index contributed by atoms with van der Waals surface area (Å²) in [6, 6.07) is 13.0. The minimum Gasteiger partial charge on any atom is -0.406 e. The first-order valence-electron chi connectivity index (χ1n) is 6.43. The van der Waals surface area contributed by atoms with Crippen LogP contribution in [0.1, 0.15) is 22.8 Å². The van der Waals surface area contributed by atoms with Crippen LogP contribution < -0.4 is 4.74 Å². The van der Waals surface area contributed by atoms with Crippen molar-refractivity contribution in [3.8, 4) is 5.75 Å². The zero-order chi connectivity index (χ0) is 15.5. The van der Waals surface area contributed by atoms with E-state index in [0.29, 0.717) is 12.0 Å². The Morgan fingerprint density at radius 2 is 1.76 bits per heavy atom. The Labute approximate surface area is 120 Å². The van der Waals surface area contributed by atoms with Crippen LogP contribution in [0.3, 0.4) is 0 Å². The normalized spacial score (nSPS) is 13.0. The van der Waals surface area contributed by atoms with Gasteiger partial charge in [0.1, 0.15) is 5.75 Å². The molecule has 1 atom stereocenters. The first kappa shape index (κ1) is 15.4. The predicted molar refractivity (Wildman–Crippen MR) is 73.0 cm³/mol. The van der Waals surface area contributed by atoms with Crippen molar-refractivity contribution in [2.45, 2.75) is 25.8 Å². The Kier molecular flexibility index (Phi) is 4.53. The van der Waals surface area contributed by atoms with E-state index >= 15 is 0 Å². The fraction of sp³-hybridized carbons (Fsp3) is 0.250. The third-order valence-corrected chi connectivity index (χ3v) is 3.01. The average molecular weight is 296 g/mol. The van der Waals surface area contributed by atoms with Crippen LogP contribution >= 0.6 is 0 Å². The van der Waals surface area contributed by atoms with Gasteiger partial charge in [-0.1, -0.05) is 42.0 Å². The maximum Gasteiger partial charge on any atom is 0.573 e. The van der Waals surface area contributed by atoms with Gasteiger partial charge >= 0.3 is 6.36 Å². The summed E-state index contributed by atoms with van der Waals surface area (Å²) in [6.07, 6.45) is -5.07. The van der Waals surface area contributed by atoms with E-state index in [-0.39, 0.29) is 5.75 Å². The van der Waals surface area contributed by atoms with Crippen LogP contribution in [0.15, 0.2) is 48.5 Å². The topological polar surface area (TPSA) is 29.5 Å². The molecule has 0 fully saturated rings. The van der Waals surface area contributed by atoms with Crippen LogP contribution in [0.2, 0.25) is 0 Å². The zero-order valence-corrected chi connectivity index (χ0v) is 11.4. The van der Waals surface area contributed by atoms with Crippen LogP contribution in [0.4, 0.5) is 13.2 Å². The van der Waals surface area contributed by atoms with Crippen molar-refractivity contribution in [2.75, 3.05) is 0 Å². The van der Waals surface area contributed by atoms with Crippen molar-refractivity contribution in [3.05, 3.63) is 65.2 Å². The van der Waals surface area contributed by atoms with Crippen LogP contribution in [0.25, 0.3) is 0 Å². The van der Waals surface area contributed by atoms with Gasteiger partial charge < -0.3 is 9.84 Å². The molecule has 2 aromatic carbocycles. The number of hydrogen-bond acceptors (Lipinski definition) is 2. The molecule has 0 saturated heterocycles. The number of aryl methyl sites for hydroxylation is 1. The minimum atomic E-state index is -4.71. The zero-order valence-electron chi connectivity index (χ0n) is 11.4. The molecule has 0 aliphatic heterocycles. The Balaban J connectivity index is 2.04. The lowest BCUT2D eigenvalue weighted by Gasteiger charge is -2.13. The standard InChI is InChI=1S/C16H15F3O2/c1-11-3-2-4-12(9-11)10-15(20)13-5-7-14(8-6-13)21-16(17,18)19/h2-9,15,20H,10H2,1H3. The molecule has 2 rings (SSSR count). The second kappa shape index (κ2) is 6.18. The summed E-state index contributed by atoms with van der Waals surface area (Å²) >= 11 is 0. The minimum absolute atomic E-state index is 0.297. The van der Waals surface area contributed by atoms with Crippen LogP contribution in [-0.2, 0) is 6.42 Å². The van der Waals surface area contributed by atoms with Crippen molar-refractivity contribution >= 4 is 0 Å². The first-order chi connectivity index (χ1) is 9.83. The van der Waals surface area contributed by atoms with Crippen LogP contribution in [0, 0.1) is 6.92 Å². The van der Waals surface area contributed by atoms with Crippen molar-refractivity contribution in [2.24, 2.45) is 0 Å². The molecule has 0 amide bonds. The van der Waals surface area contributed by atoms with Crippen molar-refractivity contribution in [1.29, 1.82) is 0 Å². The molecule has 21 heavy (non-hydrogen) atoms. The van der Waals surface area contributed by atoms with Gasteiger partial charge in [-0.2, -0.15) is 0 Å². The fourth-order valence-corrected chi connectivity index (χ4v) is 2.07. The number of benzene rings is 2. The van der Waals surface area contributed by atoms with E-state index in [4.69, 9.17) is 0 Å². The molecule has 0 radical (unpaired) electrons. The lowest BCUT2D eigenvalue weighted by molar-refractivity contribution is -0.274. The molecule has 0 bridgehead atoms. The second-order valence-corrected chi connectivity index (χ2v) is 4.83. The van der Waals surface area contributed by atoms with E-state index in [1.807, 2.05) is 31.2 Å². The van der Waals surface area contributed by atoms with E-state index in [1.165, 1.54) is 24.3 Å². The highest BCUT2D eigenvalue weighted by molar-refractivity contribution is 5.30. The third-order valence-electron chi connectivity index (χ3n) is 3.01. The lowest BCUT2D eigenvalue weighted by Crippen LogP contribution is -2.17. The molecule has 2 nitrogen and oxygen atoms in total. The Bertz CT molecular complexity index is 591. The maximum absolute atomic E-state index is 12.1. The van der Waals surface area contributed by atoms with E-state index < -0.39 is 12.5 Å².